The maximum absolute atomic E-state index is 12.7. The lowest BCUT2D eigenvalue weighted by atomic mass is 10.0. The van der Waals surface area contributed by atoms with Gasteiger partial charge in [0.05, 0.1) is 11.9 Å². The van der Waals surface area contributed by atoms with Gasteiger partial charge in [0.15, 0.2) is 0 Å². The van der Waals surface area contributed by atoms with E-state index in [2.05, 4.69) is 5.32 Å². The van der Waals surface area contributed by atoms with Gasteiger partial charge >= 0.3 is 0 Å². The molecule has 1 aliphatic rings. The van der Waals surface area contributed by atoms with Crippen molar-refractivity contribution in [3.63, 3.8) is 0 Å². The Bertz CT molecular complexity index is 721. The van der Waals surface area contributed by atoms with Gasteiger partial charge in [0.2, 0.25) is 15.9 Å². The molecule has 152 valence electrons. The largest absolute Gasteiger partial charge is 0.353 e. The molecule has 0 saturated heterocycles. The van der Waals surface area contributed by atoms with E-state index in [1.54, 1.807) is 24.3 Å². The Kier molecular flexibility index (Phi) is 8.76. The minimum absolute atomic E-state index is 0.271. The number of halogens is 1. The lowest BCUT2D eigenvalue weighted by Gasteiger charge is -2.30. The molecule has 0 bridgehead atoms. The van der Waals surface area contributed by atoms with E-state index < -0.39 is 16.1 Å². The molecule has 0 aliphatic heterocycles. The van der Waals surface area contributed by atoms with Crippen molar-refractivity contribution in [3.05, 3.63) is 29.3 Å². The second kappa shape index (κ2) is 10.6. The second-order valence-corrected chi connectivity index (χ2v) is 10.6. The first-order chi connectivity index (χ1) is 12.8. The zero-order valence-electron chi connectivity index (χ0n) is 16.0. The van der Waals surface area contributed by atoms with Crippen LogP contribution in [0.5, 0.6) is 0 Å². The molecule has 0 heterocycles. The van der Waals surface area contributed by atoms with Crippen LogP contribution in [0.3, 0.4) is 0 Å². The van der Waals surface area contributed by atoms with Crippen LogP contribution in [0.4, 0.5) is 5.69 Å². The average Bonchev–Trinajstić information content (AvgIpc) is 2.62. The minimum Gasteiger partial charge on any atom is -0.353 e. The van der Waals surface area contributed by atoms with Crippen molar-refractivity contribution >= 4 is 45.0 Å². The molecule has 27 heavy (non-hydrogen) atoms. The zero-order chi connectivity index (χ0) is 19.9. The molecule has 8 heteroatoms. The Balaban J connectivity index is 1.99. The Hall–Kier alpha value is -0.920. The Labute approximate surface area is 172 Å². The van der Waals surface area contributed by atoms with Gasteiger partial charge in [-0.3, -0.25) is 9.10 Å². The van der Waals surface area contributed by atoms with E-state index in [4.69, 9.17) is 11.6 Å². The Morgan fingerprint density at radius 1 is 1.33 bits per heavy atom. The van der Waals surface area contributed by atoms with Crippen molar-refractivity contribution in [1.82, 2.24) is 5.32 Å². The third-order valence-corrected chi connectivity index (χ3v) is 7.50. The highest BCUT2D eigenvalue weighted by Gasteiger charge is 2.31. The second-order valence-electron chi connectivity index (χ2n) is 6.88. The van der Waals surface area contributed by atoms with Crippen LogP contribution in [0.1, 0.15) is 45.4 Å². The van der Waals surface area contributed by atoms with E-state index in [9.17, 15) is 13.2 Å². The molecular weight excluding hydrogens is 404 g/mol. The maximum Gasteiger partial charge on any atom is 0.243 e. The number of hydrogen-bond acceptors (Lipinski definition) is 4. The van der Waals surface area contributed by atoms with Gasteiger partial charge in [0.25, 0.3) is 0 Å². The van der Waals surface area contributed by atoms with Gasteiger partial charge in [-0.2, -0.15) is 11.8 Å². The van der Waals surface area contributed by atoms with Crippen LogP contribution in [-0.2, 0) is 14.8 Å². The first-order valence-corrected chi connectivity index (χ1v) is 12.7. The smallest absolute Gasteiger partial charge is 0.243 e. The van der Waals surface area contributed by atoms with Crippen LogP contribution in [-0.4, -0.2) is 44.2 Å². The minimum atomic E-state index is -3.63. The zero-order valence-corrected chi connectivity index (χ0v) is 18.4. The van der Waals surface area contributed by atoms with Crippen LogP contribution >= 0.6 is 23.4 Å². The first-order valence-electron chi connectivity index (χ1n) is 9.47. The number of hydrogen-bond donors (Lipinski definition) is 1. The van der Waals surface area contributed by atoms with Crippen molar-refractivity contribution in [2.45, 2.75) is 56.7 Å². The third kappa shape index (κ3) is 6.88. The van der Waals surface area contributed by atoms with Crippen molar-refractivity contribution in [3.8, 4) is 0 Å². The highest BCUT2D eigenvalue weighted by atomic mass is 35.5. The normalized spacial score (nSPS) is 16.7. The number of benzene rings is 1. The number of nitrogens with zero attached hydrogens (tertiary/aromatic N) is 1. The monoisotopic (exact) mass is 432 g/mol. The Morgan fingerprint density at radius 2 is 2.04 bits per heavy atom. The molecule has 1 amide bonds. The molecule has 1 aliphatic carbocycles. The lowest BCUT2D eigenvalue weighted by Crippen LogP contribution is -2.49. The van der Waals surface area contributed by atoms with Crippen LogP contribution in [0.15, 0.2) is 24.3 Å². The SMILES string of the molecule is CC[C@@H](C(=O)NCCSC1CCCCC1)N(c1cccc(Cl)c1)S(C)(=O)=O. The van der Waals surface area contributed by atoms with Crippen molar-refractivity contribution < 1.29 is 13.2 Å². The number of thioether (sulfide) groups is 1. The lowest BCUT2D eigenvalue weighted by molar-refractivity contribution is -0.122. The van der Waals surface area contributed by atoms with Gasteiger partial charge in [0.1, 0.15) is 6.04 Å². The van der Waals surface area contributed by atoms with E-state index in [1.807, 2.05) is 18.7 Å². The molecule has 1 atom stereocenters. The molecule has 1 fully saturated rings. The number of rotatable bonds is 9. The summed E-state index contributed by atoms with van der Waals surface area (Å²) in [6.45, 7) is 2.35. The number of anilines is 1. The summed E-state index contributed by atoms with van der Waals surface area (Å²) in [4.78, 5) is 12.7. The van der Waals surface area contributed by atoms with Gasteiger partial charge < -0.3 is 5.32 Å². The fourth-order valence-electron chi connectivity index (χ4n) is 3.42. The molecule has 1 N–H and O–H groups in total. The van der Waals surface area contributed by atoms with E-state index >= 15 is 0 Å². The van der Waals surface area contributed by atoms with Gasteiger partial charge in [-0.25, -0.2) is 8.42 Å². The van der Waals surface area contributed by atoms with Crippen molar-refractivity contribution in [2.24, 2.45) is 0 Å². The summed E-state index contributed by atoms with van der Waals surface area (Å²) < 4.78 is 25.9. The maximum atomic E-state index is 12.7. The molecule has 1 aromatic carbocycles. The molecule has 1 saturated carbocycles. The van der Waals surface area contributed by atoms with Gasteiger partial charge in [-0.15, -0.1) is 0 Å². The van der Waals surface area contributed by atoms with E-state index in [0.29, 0.717) is 28.9 Å². The summed E-state index contributed by atoms with van der Waals surface area (Å²) in [5.74, 6) is 0.579. The summed E-state index contributed by atoms with van der Waals surface area (Å²) in [6, 6.07) is 5.79. The predicted molar refractivity (Wildman–Crippen MR) is 115 cm³/mol. The average molecular weight is 433 g/mol. The van der Waals surface area contributed by atoms with Crippen LogP contribution < -0.4 is 9.62 Å². The number of nitrogens with one attached hydrogen (secondary N) is 1. The molecule has 2 rings (SSSR count). The molecule has 5 nitrogen and oxygen atoms in total. The first kappa shape index (κ1) is 22.4. The summed E-state index contributed by atoms with van der Waals surface area (Å²) >= 11 is 7.92. The highest BCUT2D eigenvalue weighted by Crippen LogP contribution is 2.28. The Morgan fingerprint density at radius 3 is 2.63 bits per heavy atom. The van der Waals surface area contributed by atoms with E-state index in [1.165, 1.54) is 36.4 Å². The molecule has 0 unspecified atom stereocenters. The van der Waals surface area contributed by atoms with Gasteiger partial charge in [0, 0.05) is 22.6 Å². The quantitative estimate of drug-likeness (QED) is 0.597. The van der Waals surface area contributed by atoms with Crippen LogP contribution in [0, 0.1) is 0 Å². The molecule has 1 aromatic rings. The fourth-order valence-corrected chi connectivity index (χ4v) is 6.03. The summed E-state index contributed by atoms with van der Waals surface area (Å²) in [6.07, 6.45) is 7.93. The standard InChI is InChI=1S/C19H29ClN2O3S2/c1-3-18(19(23)21-12-13-26-17-10-5-4-6-11-17)22(27(2,24)25)16-9-7-8-15(20)14-16/h7-9,14,17-18H,3-6,10-13H2,1-2H3,(H,21,23)/t18-/m0/s1. The van der Waals surface area contributed by atoms with Crippen LogP contribution in [0.2, 0.25) is 5.02 Å². The highest BCUT2D eigenvalue weighted by molar-refractivity contribution is 7.99. The molecular formula is C19H29ClN2O3S2. The topological polar surface area (TPSA) is 66.5 Å². The number of amides is 1. The summed E-state index contributed by atoms with van der Waals surface area (Å²) in [5.41, 5.74) is 0.406. The van der Waals surface area contributed by atoms with Gasteiger partial charge in [-0.05, 0) is 37.5 Å². The molecule has 0 radical (unpaired) electrons. The molecule has 0 aromatic heterocycles. The number of carbonyl (C=O) groups excluding carboxylic acids is 1. The van der Waals surface area contributed by atoms with Crippen molar-refractivity contribution in [2.75, 3.05) is 22.9 Å². The summed E-state index contributed by atoms with van der Waals surface area (Å²) in [5, 5.41) is 4.03. The van der Waals surface area contributed by atoms with E-state index in [-0.39, 0.29) is 5.91 Å². The van der Waals surface area contributed by atoms with E-state index in [0.717, 1.165) is 12.0 Å². The fraction of sp³-hybridized carbons (Fsp3) is 0.632. The third-order valence-electron chi connectivity index (χ3n) is 4.70. The summed E-state index contributed by atoms with van der Waals surface area (Å²) in [7, 11) is -3.63. The predicted octanol–water partition coefficient (Wildman–Crippen LogP) is 4.07. The number of sulfonamides is 1. The number of carbonyl (C=O) groups is 1. The van der Waals surface area contributed by atoms with Crippen molar-refractivity contribution in [1.29, 1.82) is 0 Å². The van der Waals surface area contributed by atoms with Gasteiger partial charge in [-0.1, -0.05) is 43.9 Å². The van der Waals surface area contributed by atoms with Crippen LogP contribution in [0.25, 0.3) is 0 Å². The molecule has 0 spiro atoms.